The van der Waals surface area contributed by atoms with Gasteiger partial charge in [-0.15, -0.1) is 0 Å². The lowest BCUT2D eigenvalue weighted by Crippen LogP contribution is -2.15. The van der Waals surface area contributed by atoms with Crippen LogP contribution in [-0.2, 0) is 11.2 Å². The normalized spacial score (nSPS) is 10.5. The fraction of sp³-hybridized carbons (Fsp3) is 0.115. The molecular formula is C26H23N3O3. The average Bonchev–Trinajstić information content (AvgIpc) is 2.81. The van der Waals surface area contributed by atoms with Gasteiger partial charge in [-0.1, -0.05) is 24.3 Å². The quantitative estimate of drug-likeness (QED) is 0.433. The zero-order valence-corrected chi connectivity index (χ0v) is 17.7. The topological polar surface area (TPSA) is 80.3 Å². The molecule has 4 aromatic rings. The molecule has 0 saturated carbocycles. The summed E-state index contributed by atoms with van der Waals surface area (Å²) in [5, 5.41) is 6.73. The molecule has 0 saturated heterocycles. The average molecular weight is 425 g/mol. The molecule has 0 bridgehead atoms. The third-order valence-corrected chi connectivity index (χ3v) is 4.92. The van der Waals surface area contributed by atoms with Crippen LogP contribution in [0.3, 0.4) is 0 Å². The maximum Gasteiger partial charge on any atom is 0.255 e. The van der Waals surface area contributed by atoms with E-state index in [-0.39, 0.29) is 18.2 Å². The molecule has 32 heavy (non-hydrogen) atoms. The largest absolute Gasteiger partial charge is 0.494 e. The van der Waals surface area contributed by atoms with E-state index < -0.39 is 0 Å². The SMILES string of the molecule is CCOc1ccc(NC(=O)c2ccc(NC(=O)Cc3cccc4cccnc34)cc2)cc1. The maximum absolute atomic E-state index is 12.5. The van der Waals surface area contributed by atoms with E-state index in [0.29, 0.717) is 23.5 Å². The van der Waals surface area contributed by atoms with Gasteiger partial charge in [0.25, 0.3) is 5.91 Å². The van der Waals surface area contributed by atoms with Crippen molar-refractivity contribution in [3.8, 4) is 5.75 Å². The molecule has 3 aromatic carbocycles. The van der Waals surface area contributed by atoms with Crippen LogP contribution in [0.25, 0.3) is 10.9 Å². The molecule has 1 heterocycles. The monoisotopic (exact) mass is 425 g/mol. The van der Waals surface area contributed by atoms with E-state index in [1.54, 1.807) is 42.6 Å². The van der Waals surface area contributed by atoms with Gasteiger partial charge in [-0.3, -0.25) is 14.6 Å². The molecule has 0 aliphatic rings. The molecule has 6 heteroatoms. The second-order valence-corrected chi connectivity index (χ2v) is 7.21. The van der Waals surface area contributed by atoms with Crippen LogP contribution in [0.4, 0.5) is 11.4 Å². The predicted molar refractivity (Wildman–Crippen MR) is 126 cm³/mol. The van der Waals surface area contributed by atoms with Gasteiger partial charge in [0, 0.05) is 28.5 Å². The first-order valence-electron chi connectivity index (χ1n) is 10.4. The zero-order valence-electron chi connectivity index (χ0n) is 17.7. The highest BCUT2D eigenvalue weighted by Gasteiger charge is 2.10. The van der Waals surface area contributed by atoms with Gasteiger partial charge >= 0.3 is 0 Å². The summed E-state index contributed by atoms with van der Waals surface area (Å²) >= 11 is 0. The van der Waals surface area contributed by atoms with Gasteiger partial charge in [0.05, 0.1) is 18.5 Å². The molecule has 0 atom stereocenters. The minimum Gasteiger partial charge on any atom is -0.494 e. The van der Waals surface area contributed by atoms with Crippen molar-refractivity contribution >= 4 is 34.1 Å². The van der Waals surface area contributed by atoms with Crippen molar-refractivity contribution in [2.24, 2.45) is 0 Å². The Morgan fingerprint density at radius 1 is 0.844 bits per heavy atom. The molecule has 0 aliphatic carbocycles. The predicted octanol–water partition coefficient (Wildman–Crippen LogP) is 5.07. The lowest BCUT2D eigenvalue weighted by atomic mass is 10.1. The van der Waals surface area contributed by atoms with Crippen molar-refractivity contribution in [2.75, 3.05) is 17.2 Å². The fourth-order valence-corrected chi connectivity index (χ4v) is 3.40. The Hall–Kier alpha value is -4.19. The molecule has 4 rings (SSSR count). The molecule has 0 unspecified atom stereocenters. The number of benzene rings is 3. The van der Waals surface area contributed by atoms with Crippen molar-refractivity contribution in [2.45, 2.75) is 13.3 Å². The number of nitrogens with one attached hydrogen (secondary N) is 2. The summed E-state index contributed by atoms with van der Waals surface area (Å²) in [6.45, 7) is 2.51. The summed E-state index contributed by atoms with van der Waals surface area (Å²) in [4.78, 5) is 29.4. The fourth-order valence-electron chi connectivity index (χ4n) is 3.40. The summed E-state index contributed by atoms with van der Waals surface area (Å²) < 4.78 is 5.40. The first-order valence-corrected chi connectivity index (χ1v) is 10.4. The zero-order chi connectivity index (χ0) is 22.3. The number of pyridine rings is 1. The summed E-state index contributed by atoms with van der Waals surface area (Å²) in [5.74, 6) is 0.383. The Morgan fingerprint density at radius 2 is 1.53 bits per heavy atom. The summed E-state index contributed by atoms with van der Waals surface area (Å²) in [6, 6.07) is 23.6. The summed E-state index contributed by atoms with van der Waals surface area (Å²) in [6.07, 6.45) is 1.94. The van der Waals surface area contributed by atoms with Gasteiger partial charge in [-0.25, -0.2) is 0 Å². The van der Waals surface area contributed by atoms with Crippen molar-refractivity contribution in [3.63, 3.8) is 0 Å². The Kier molecular flexibility index (Phi) is 6.41. The Morgan fingerprint density at radius 3 is 2.28 bits per heavy atom. The number of hydrogen-bond donors (Lipinski definition) is 2. The molecule has 0 aliphatic heterocycles. The number of aromatic nitrogens is 1. The van der Waals surface area contributed by atoms with Crippen LogP contribution in [-0.4, -0.2) is 23.4 Å². The number of ether oxygens (including phenoxy) is 1. The van der Waals surface area contributed by atoms with Crippen LogP contribution in [0.5, 0.6) is 5.75 Å². The maximum atomic E-state index is 12.5. The van der Waals surface area contributed by atoms with Gasteiger partial charge in [-0.05, 0) is 67.1 Å². The first kappa shape index (κ1) is 21.1. The number of fused-ring (bicyclic) bond motifs is 1. The van der Waals surface area contributed by atoms with Crippen molar-refractivity contribution < 1.29 is 14.3 Å². The molecule has 160 valence electrons. The summed E-state index contributed by atoms with van der Waals surface area (Å²) in [7, 11) is 0. The van der Waals surface area contributed by atoms with Crippen LogP contribution in [0, 0.1) is 0 Å². The van der Waals surface area contributed by atoms with E-state index in [9.17, 15) is 9.59 Å². The van der Waals surface area contributed by atoms with E-state index in [0.717, 1.165) is 22.2 Å². The van der Waals surface area contributed by atoms with Gasteiger partial charge < -0.3 is 15.4 Å². The molecule has 0 spiro atoms. The lowest BCUT2D eigenvalue weighted by molar-refractivity contribution is -0.115. The van der Waals surface area contributed by atoms with E-state index in [1.165, 1.54) is 0 Å². The first-order chi connectivity index (χ1) is 15.6. The third-order valence-electron chi connectivity index (χ3n) is 4.92. The molecule has 1 aromatic heterocycles. The number of nitrogens with zero attached hydrogens (tertiary/aromatic N) is 1. The second kappa shape index (κ2) is 9.75. The van der Waals surface area contributed by atoms with E-state index in [4.69, 9.17) is 4.74 Å². The smallest absolute Gasteiger partial charge is 0.255 e. The molecular weight excluding hydrogens is 402 g/mol. The van der Waals surface area contributed by atoms with Crippen LogP contribution in [0.2, 0.25) is 0 Å². The highest BCUT2D eigenvalue weighted by atomic mass is 16.5. The Labute approximate surface area is 186 Å². The van der Waals surface area contributed by atoms with Crippen LogP contribution in [0.15, 0.2) is 85.1 Å². The third kappa shape index (κ3) is 5.10. The van der Waals surface area contributed by atoms with E-state index in [1.807, 2.05) is 49.4 Å². The number of hydrogen-bond acceptors (Lipinski definition) is 4. The molecule has 0 radical (unpaired) electrons. The van der Waals surface area contributed by atoms with Gasteiger partial charge in [0.2, 0.25) is 5.91 Å². The summed E-state index contributed by atoms with van der Waals surface area (Å²) in [5.41, 5.74) is 3.49. The highest BCUT2D eigenvalue weighted by molar-refractivity contribution is 6.04. The number of rotatable bonds is 7. The second-order valence-electron chi connectivity index (χ2n) is 7.21. The van der Waals surface area contributed by atoms with E-state index in [2.05, 4.69) is 15.6 Å². The van der Waals surface area contributed by atoms with Crippen LogP contribution < -0.4 is 15.4 Å². The number of para-hydroxylation sites is 1. The standard InChI is InChI=1S/C26H23N3O3/c1-2-32-23-14-12-22(13-15-23)29-26(31)19-8-10-21(11-9-19)28-24(30)17-20-6-3-5-18-7-4-16-27-25(18)20/h3-16H,2,17H2,1H3,(H,28,30)(H,29,31). The Bertz CT molecular complexity index is 1230. The van der Waals surface area contributed by atoms with Gasteiger partial charge in [0.15, 0.2) is 0 Å². The molecule has 2 N–H and O–H groups in total. The van der Waals surface area contributed by atoms with Gasteiger partial charge in [0.1, 0.15) is 5.75 Å². The van der Waals surface area contributed by atoms with E-state index >= 15 is 0 Å². The minimum atomic E-state index is -0.228. The lowest BCUT2D eigenvalue weighted by Gasteiger charge is -2.09. The van der Waals surface area contributed by atoms with Crippen molar-refractivity contribution in [1.82, 2.24) is 4.98 Å². The molecule has 2 amide bonds. The van der Waals surface area contributed by atoms with Crippen molar-refractivity contribution in [1.29, 1.82) is 0 Å². The number of carbonyl (C=O) groups is 2. The van der Waals surface area contributed by atoms with Crippen LogP contribution in [0.1, 0.15) is 22.8 Å². The molecule has 0 fully saturated rings. The Balaban J connectivity index is 1.36. The number of carbonyl (C=O) groups excluding carboxylic acids is 2. The highest BCUT2D eigenvalue weighted by Crippen LogP contribution is 2.19. The van der Waals surface area contributed by atoms with Crippen LogP contribution >= 0.6 is 0 Å². The minimum absolute atomic E-state index is 0.144. The van der Waals surface area contributed by atoms with Crippen molar-refractivity contribution in [3.05, 3.63) is 96.2 Å². The van der Waals surface area contributed by atoms with Gasteiger partial charge in [-0.2, -0.15) is 0 Å². The number of amides is 2. The number of anilines is 2. The molecule has 6 nitrogen and oxygen atoms in total.